The van der Waals surface area contributed by atoms with E-state index < -0.39 is 5.92 Å². The molecular weight excluding hydrogens is 636 g/mol. The smallest absolute Gasteiger partial charge is 0.160 e. The first-order valence-electron chi connectivity index (χ1n) is 19.1. The molecular formula is C44H58N2O5. The number of benzene rings is 2. The van der Waals surface area contributed by atoms with E-state index in [0.29, 0.717) is 36.9 Å². The fourth-order valence-corrected chi connectivity index (χ4v) is 8.60. The number of phenolic OH excluding ortho intramolecular Hbond substituents is 1. The Morgan fingerprint density at radius 1 is 1.04 bits per heavy atom. The molecule has 1 heterocycles. The van der Waals surface area contributed by atoms with Crippen molar-refractivity contribution in [2.75, 3.05) is 20.3 Å². The molecule has 0 amide bonds. The van der Waals surface area contributed by atoms with Gasteiger partial charge in [0.05, 0.1) is 25.3 Å². The van der Waals surface area contributed by atoms with Crippen molar-refractivity contribution < 1.29 is 24.5 Å². The number of aliphatic hydroxyl groups is 1. The molecule has 0 bridgehead atoms. The van der Waals surface area contributed by atoms with Crippen LogP contribution in [0.2, 0.25) is 0 Å². The van der Waals surface area contributed by atoms with E-state index in [1.54, 1.807) is 6.07 Å². The molecule has 0 spiro atoms. The number of nitrogens with two attached hydrogens (primary N) is 1. The van der Waals surface area contributed by atoms with E-state index in [0.717, 1.165) is 61.6 Å². The summed E-state index contributed by atoms with van der Waals surface area (Å²) in [6.45, 7) is 7.37. The quantitative estimate of drug-likeness (QED) is 0.143. The number of hydrogen-bond donors (Lipinski definition) is 4. The highest BCUT2D eigenvalue weighted by Crippen LogP contribution is 2.44. The maximum Gasteiger partial charge on any atom is 0.160 e. The molecule has 2 aliphatic carbocycles. The van der Waals surface area contributed by atoms with Crippen LogP contribution in [0.25, 0.3) is 0 Å². The molecule has 1 saturated carbocycles. The van der Waals surface area contributed by atoms with Crippen molar-refractivity contribution in [3.63, 3.8) is 0 Å². The van der Waals surface area contributed by atoms with Gasteiger partial charge >= 0.3 is 0 Å². The summed E-state index contributed by atoms with van der Waals surface area (Å²) in [5, 5.41) is 24.9. The van der Waals surface area contributed by atoms with Crippen LogP contribution in [0.5, 0.6) is 11.5 Å². The van der Waals surface area contributed by atoms with E-state index in [4.69, 9.17) is 10.5 Å². The van der Waals surface area contributed by atoms with Gasteiger partial charge in [-0.1, -0.05) is 69.4 Å². The molecule has 6 atom stereocenters. The Morgan fingerprint density at radius 2 is 1.84 bits per heavy atom. The van der Waals surface area contributed by atoms with Crippen LogP contribution in [0, 0.1) is 47.3 Å². The number of dihydropyridines is 1. The van der Waals surface area contributed by atoms with Crippen molar-refractivity contribution >= 4 is 11.6 Å². The second kappa shape index (κ2) is 18.0. The molecule has 2 aromatic rings. The van der Waals surface area contributed by atoms with E-state index in [9.17, 15) is 19.8 Å². The summed E-state index contributed by atoms with van der Waals surface area (Å²) in [5.41, 5.74) is 11.4. The molecule has 2 aromatic carbocycles. The number of phenols is 1. The minimum atomic E-state index is -0.398. The second-order valence-electron chi connectivity index (χ2n) is 15.5. The van der Waals surface area contributed by atoms with Crippen molar-refractivity contribution in [1.29, 1.82) is 0 Å². The van der Waals surface area contributed by atoms with Crippen LogP contribution in [-0.2, 0) is 22.4 Å². The number of carbonyl (C=O) groups is 2. The first kappa shape index (κ1) is 38.2. The van der Waals surface area contributed by atoms with Gasteiger partial charge in [-0.25, -0.2) is 0 Å². The maximum atomic E-state index is 14.3. The molecule has 3 aliphatic rings. The molecule has 0 unspecified atom stereocenters. The number of carbonyl (C=O) groups excluding carboxylic acids is 2. The van der Waals surface area contributed by atoms with Gasteiger partial charge in [0, 0.05) is 31.4 Å². The van der Waals surface area contributed by atoms with Crippen molar-refractivity contribution in [2.45, 2.75) is 97.3 Å². The summed E-state index contributed by atoms with van der Waals surface area (Å²) >= 11 is 0. The number of aryl methyl sites for hydroxylation is 2. The SMILES string of the molecule is CCC[C@H](CO)[C@H]1C[C@H](CC2=CCNC(N)=C2)C[C@H]2C#C[C@H](c3ccccc3CCC(C)C)c3cc(O)c(OC)cc3CCC(=O)CC(=O)[C@@H]2C1. The Bertz CT molecular complexity index is 1660. The van der Waals surface area contributed by atoms with Gasteiger partial charge in [-0.2, -0.15) is 0 Å². The Labute approximate surface area is 305 Å². The van der Waals surface area contributed by atoms with Gasteiger partial charge in [0.2, 0.25) is 0 Å². The first-order chi connectivity index (χ1) is 24.6. The average molecular weight is 695 g/mol. The molecule has 5 rings (SSSR count). The lowest BCUT2D eigenvalue weighted by Gasteiger charge is -2.29. The van der Waals surface area contributed by atoms with Gasteiger partial charge < -0.3 is 26.0 Å². The van der Waals surface area contributed by atoms with Gasteiger partial charge in [-0.3, -0.25) is 9.59 Å². The van der Waals surface area contributed by atoms with E-state index in [2.05, 4.69) is 62.2 Å². The molecule has 51 heavy (non-hydrogen) atoms. The number of ketones is 2. The zero-order chi connectivity index (χ0) is 36.5. The molecule has 274 valence electrons. The van der Waals surface area contributed by atoms with Crippen LogP contribution in [0.15, 0.2) is 59.9 Å². The predicted octanol–water partition coefficient (Wildman–Crippen LogP) is 7.38. The standard InChI is InChI=1S/C44H58N2O5/c1-5-8-34(27-47)35-21-30(19-29-17-18-46-44(45)22-29)20-32-14-16-38(37-10-7-6-9-31(37)12-11-28(2)3)39-26-42(50)43(51-4)24-33(39)13-15-36(48)25-41(49)40(32)23-35/h6-7,9-10,17,22,24,26,28,30,32,34-35,38,40,46-47,50H,5,8,11-13,15,18-21,23,25,27,45H2,1-4H3/t30-,32-,34-,35+,38-,40-/m1/s1. The molecule has 5 N–H and O–H groups in total. The minimum Gasteiger partial charge on any atom is -0.504 e. The number of rotatable bonds is 11. The lowest BCUT2D eigenvalue weighted by molar-refractivity contribution is -0.130. The minimum absolute atomic E-state index is 0.0265. The second-order valence-corrected chi connectivity index (χ2v) is 15.5. The van der Waals surface area contributed by atoms with Gasteiger partial charge in [-0.15, -0.1) is 0 Å². The van der Waals surface area contributed by atoms with Gasteiger partial charge in [0.15, 0.2) is 11.5 Å². The zero-order valence-electron chi connectivity index (χ0n) is 31.0. The van der Waals surface area contributed by atoms with Crippen LogP contribution in [0.4, 0.5) is 0 Å². The van der Waals surface area contributed by atoms with Crippen LogP contribution in [0.1, 0.15) is 107 Å². The van der Waals surface area contributed by atoms with E-state index >= 15 is 0 Å². The first-order valence-corrected chi connectivity index (χ1v) is 19.1. The van der Waals surface area contributed by atoms with Crippen molar-refractivity contribution in [1.82, 2.24) is 5.32 Å². The topological polar surface area (TPSA) is 122 Å². The highest BCUT2D eigenvalue weighted by molar-refractivity contribution is 6.00. The third kappa shape index (κ3) is 9.86. The molecule has 0 saturated heterocycles. The summed E-state index contributed by atoms with van der Waals surface area (Å²) in [7, 11) is 1.53. The Balaban J connectivity index is 1.67. The van der Waals surface area contributed by atoms with Gasteiger partial charge in [0.25, 0.3) is 0 Å². The largest absolute Gasteiger partial charge is 0.504 e. The monoisotopic (exact) mass is 694 g/mol. The van der Waals surface area contributed by atoms with E-state index in [1.165, 1.54) is 18.2 Å². The molecule has 0 aromatic heterocycles. The summed E-state index contributed by atoms with van der Waals surface area (Å²) in [6, 6.07) is 12.0. The fraction of sp³-hybridized carbons (Fsp3) is 0.545. The van der Waals surface area contributed by atoms with Crippen molar-refractivity contribution in [3.8, 4) is 23.3 Å². The Hall–Kier alpha value is -4.02. The molecule has 1 fully saturated rings. The van der Waals surface area contributed by atoms with Crippen molar-refractivity contribution in [3.05, 3.63) is 82.2 Å². The zero-order valence-corrected chi connectivity index (χ0v) is 31.0. The average Bonchev–Trinajstić information content (AvgIpc) is 3.28. The van der Waals surface area contributed by atoms with E-state index in [-0.39, 0.29) is 66.4 Å². The number of Topliss-reactive ketones (excluding diaryl/α,β-unsaturated/α-hetero) is 2. The summed E-state index contributed by atoms with van der Waals surface area (Å²) < 4.78 is 5.52. The summed E-state index contributed by atoms with van der Waals surface area (Å²) in [6.07, 6.45) is 11.5. The number of nitrogens with one attached hydrogen (secondary N) is 1. The molecule has 7 heteroatoms. The molecule has 7 nitrogen and oxygen atoms in total. The number of allylic oxidation sites excluding steroid dienone is 2. The number of hydrogen-bond acceptors (Lipinski definition) is 7. The van der Waals surface area contributed by atoms with Crippen LogP contribution in [-0.4, -0.2) is 42.0 Å². The third-order valence-electron chi connectivity index (χ3n) is 11.3. The number of methoxy groups -OCH3 is 1. The molecule has 1 aliphatic heterocycles. The van der Waals surface area contributed by atoms with E-state index in [1.807, 2.05) is 18.2 Å². The number of ether oxygens (including phenoxy) is 1. The third-order valence-corrected chi connectivity index (χ3v) is 11.3. The lowest BCUT2D eigenvalue weighted by atomic mass is 9.76. The van der Waals surface area contributed by atoms with Gasteiger partial charge in [0.1, 0.15) is 11.6 Å². The normalized spacial score (nSPS) is 24.6. The highest BCUT2D eigenvalue weighted by atomic mass is 16.5. The lowest BCUT2D eigenvalue weighted by Crippen LogP contribution is -2.29. The maximum absolute atomic E-state index is 14.3. The number of aromatic hydroxyl groups is 1. The Kier molecular flexibility index (Phi) is 13.5. The molecule has 0 radical (unpaired) electrons. The van der Waals surface area contributed by atoms with Crippen LogP contribution in [0.3, 0.4) is 0 Å². The van der Waals surface area contributed by atoms with Crippen molar-refractivity contribution in [2.24, 2.45) is 41.2 Å². The predicted molar refractivity (Wildman–Crippen MR) is 203 cm³/mol. The highest BCUT2D eigenvalue weighted by Gasteiger charge is 2.39. The summed E-state index contributed by atoms with van der Waals surface area (Å²) in [4.78, 5) is 27.9. The Morgan fingerprint density at radius 3 is 2.57 bits per heavy atom. The number of aliphatic hydroxyl groups excluding tert-OH is 1. The van der Waals surface area contributed by atoms with Gasteiger partial charge in [-0.05, 0) is 121 Å². The van der Waals surface area contributed by atoms with Crippen LogP contribution >= 0.6 is 0 Å². The van der Waals surface area contributed by atoms with Crippen LogP contribution < -0.4 is 15.8 Å². The number of fused-ring (bicyclic) bond motifs is 2. The summed E-state index contributed by atoms with van der Waals surface area (Å²) in [5.74, 6) is 8.35. The fourth-order valence-electron chi connectivity index (χ4n) is 8.60.